The summed E-state index contributed by atoms with van der Waals surface area (Å²) in [6.07, 6.45) is 1.66. The summed E-state index contributed by atoms with van der Waals surface area (Å²) >= 11 is 0. The molecule has 29 heavy (non-hydrogen) atoms. The largest absolute Gasteiger partial charge is 0.496 e. The van der Waals surface area contributed by atoms with Gasteiger partial charge in [0.05, 0.1) is 18.4 Å². The molecule has 0 unspecified atom stereocenters. The topological polar surface area (TPSA) is 63.5 Å². The molecule has 152 valence electrons. The molecule has 0 atom stereocenters. The van der Waals surface area contributed by atoms with Crippen molar-refractivity contribution in [1.29, 1.82) is 0 Å². The van der Waals surface area contributed by atoms with E-state index in [1.165, 1.54) is 11.1 Å². The molecular formula is C22H27N5O2. The van der Waals surface area contributed by atoms with E-state index in [9.17, 15) is 4.79 Å². The van der Waals surface area contributed by atoms with Crippen LogP contribution in [0, 0.1) is 13.8 Å². The maximum absolute atomic E-state index is 13.0. The standard InChI is InChI=1S/C22H27N5O2/c1-15-5-6-20(29-4)18(11-15)14-26-7-9-27(10-8-26)22(28)17-12-19-16(2)24-25(3)21(19)23-13-17/h5-6,11-13H,7-10,14H2,1-4H3. The quantitative estimate of drug-likeness (QED) is 0.682. The van der Waals surface area contributed by atoms with Gasteiger partial charge >= 0.3 is 0 Å². The lowest BCUT2D eigenvalue weighted by molar-refractivity contribution is 0.0627. The minimum atomic E-state index is 0.0374. The summed E-state index contributed by atoms with van der Waals surface area (Å²) in [6, 6.07) is 8.17. The molecule has 1 amide bonds. The van der Waals surface area contributed by atoms with Crippen molar-refractivity contribution in [3.05, 3.63) is 52.8 Å². The highest BCUT2D eigenvalue weighted by molar-refractivity contribution is 5.97. The van der Waals surface area contributed by atoms with Crippen LogP contribution in [-0.2, 0) is 13.6 Å². The maximum Gasteiger partial charge on any atom is 0.255 e. The van der Waals surface area contributed by atoms with E-state index in [0.29, 0.717) is 18.7 Å². The van der Waals surface area contributed by atoms with Crippen LogP contribution in [0.15, 0.2) is 30.5 Å². The van der Waals surface area contributed by atoms with E-state index < -0.39 is 0 Å². The number of amides is 1. The summed E-state index contributed by atoms with van der Waals surface area (Å²) in [7, 11) is 3.58. The first kappa shape index (κ1) is 19.4. The first-order valence-electron chi connectivity index (χ1n) is 9.91. The number of hydrogen-bond donors (Lipinski definition) is 0. The zero-order chi connectivity index (χ0) is 20.5. The van der Waals surface area contributed by atoms with Gasteiger partial charge < -0.3 is 9.64 Å². The van der Waals surface area contributed by atoms with Crippen molar-refractivity contribution >= 4 is 16.9 Å². The third-order valence-electron chi connectivity index (χ3n) is 5.60. The van der Waals surface area contributed by atoms with Gasteiger partial charge in [-0.3, -0.25) is 14.4 Å². The highest BCUT2D eigenvalue weighted by Crippen LogP contribution is 2.23. The minimum absolute atomic E-state index is 0.0374. The number of aryl methyl sites for hydroxylation is 3. The van der Waals surface area contributed by atoms with Crippen molar-refractivity contribution in [1.82, 2.24) is 24.6 Å². The predicted molar refractivity (Wildman–Crippen MR) is 112 cm³/mol. The van der Waals surface area contributed by atoms with Crippen LogP contribution in [0.4, 0.5) is 0 Å². The number of pyridine rings is 1. The molecule has 1 aliphatic heterocycles. The monoisotopic (exact) mass is 393 g/mol. The first-order chi connectivity index (χ1) is 14.0. The fraction of sp³-hybridized carbons (Fsp3) is 0.409. The number of fused-ring (bicyclic) bond motifs is 1. The molecule has 0 N–H and O–H groups in total. The van der Waals surface area contributed by atoms with Crippen LogP contribution in [0.2, 0.25) is 0 Å². The van der Waals surface area contributed by atoms with Crippen LogP contribution in [0.3, 0.4) is 0 Å². The number of rotatable bonds is 4. The fourth-order valence-corrected chi connectivity index (χ4v) is 3.99. The number of piperazine rings is 1. The molecule has 0 radical (unpaired) electrons. The Morgan fingerprint density at radius 3 is 2.62 bits per heavy atom. The number of carbonyl (C=O) groups excluding carboxylic acids is 1. The molecule has 1 saturated heterocycles. The summed E-state index contributed by atoms with van der Waals surface area (Å²) in [5, 5.41) is 5.32. The molecule has 0 aliphatic carbocycles. The number of methoxy groups -OCH3 is 1. The SMILES string of the molecule is COc1ccc(C)cc1CN1CCN(C(=O)c2cnc3c(c2)c(C)nn3C)CC1. The van der Waals surface area contributed by atoms with Gasteiger partial charge in [0, 0.05) is 56.9 Å². The van der Waals surface area contributed by atoms with Crippen molar-refractivity contribution in [2.45, 2.75) is 20.4 Å². The van der Waals surface area contributed by atoms with Gasteiger partial charge in [-0.15, -0.1) is 0 Å². The molecule has 0 saturated carbocycles. The van der Waals surface area contributed by atoms with Crippen molar-refractivity contribution in [2.24, 2.45) is 7.05 Å². The second-order valence-electron chi connectivity index (χ2n) is 7.69. The number of benzene rings is 1. The van der Waals surface area contributed by atoms with Crippen molar-refractivity contribution in [3.63, 3.8) is 0 Å². The third-order valence-corrected chi connectivity index (χ3v) is 5.60. The molecule has 2 aromatic heterocycles. The Balaban J connectivity index is 1.42. The Morgan fingerprint density at radius 2 is 1.90 bits per heavy atom. The number of hydrogen-bond acceptors (Lipinski definition) is 5. The molecule has 3 heterocycles. The van der Waals surface area contributed by atoms with E-state index >= 15 is 0 Å². The zero-order valence-corrected chi connectivity index (χ0v) is 17.5. The number of nitrogens with zero attached hydrogens (tertiary/aromatic N) is 5. The van der Waals surface area contributed by atoms with E-state index in [1.807, 2.05) is 31.0 Å². The van der Waals surface area contributed by atoms with Crippen LogP contribution < -0.4 is 4.74 Å². The zero-order valence-electron chi connectivity index (χ0n) is 17.5. The van der Waals surface area contributed by atoms with Crippen LogP contribution >= 0.6 is 0 Å². The lowest BCUT2D eigenvalue weighted by atomic mass is 10.1. The van der Waals surface area contributed by atoms with Crippen LogP contribution in [0.1, 0.15) is 27.2 Å². The third kappa shape index (κ3) is 3.82. The Morgan fingerprint density at radius 1 is 1.14 bits per heavy atom. The van der Waals surface area contributed by atoms with E-state index in [-0.39, 0.29) is 5.91 Å². The van der Waals surface area contributed by atoms with Crippen molar-refractivity contribution in [3.8, 4) is 5.75 Å². The van der Waals surface area contributed by atoms with Gasteiger partial charge in [-0.2, -0.15) is 5.10 Å². The van der Waals surface area contributed by atoms with Crippen LogP contribution in [0.5, 0.6) is 5.75 Å². The Bertz CT molecular complexity index is 1050. The summed E-state index contributed by atoms with van der Waals surface area (Å²) < 4.78 is 7.25. The van der Waals surface area contributed by atoms with Gasteiger partial charge in [0.1, 0.15) is 5.75 Å². The van der Waals surface area contributed by atoms with E-state index in [1.54, 1.807) is 18.0 Å². The maximum atomic E-state index is 13.0. The highest BCUT2D eigenvalue weighted by Gasteiger charge is 2.23. The minimum Gasteiger partial charge on any atom is -0.496 e. The van der Waals surface area contributed by atoms with Gasteiger partial charge in [0.15, 0.2) is 5.65 Å². The summed E-state index contributed by atoms with van der Waals surface area (Å²) in [4.78, 5) is 21.7. The average molecular weight is 393 g/mol. The van der Waals surface area contributed by atoms with Gasteiger partial charge in [0.25, 0.3) is 5.91 Å². The fourth-order valence-electron chi connectivity index (χ4n) is 3.99. The molecular weight excluding hydrogens is 366 g/mol. The molecule has 7 heteroatoms. The normalized spacial score (nSPS) is 15.1. The van der Waals surface area contributed by atoms with Gasteiger partial charge in [0.2, 0.25) is 0 Å². The van der Waals surface area contributed by atoms with Gasteiger partial charge in [-0.25, -0.2) is 4.98 Å². The molecule has 4 rings (SSSR count). The molecule has 3 aromatic rings. The smallest absolute Gasteiger partial charge is 0.255 e. The van der Waals surface area contributed by atoms with E-state index in [4.69, 9.17) is 4.74 Å². The lowest BCUT2D eigenvalue weighted by Gasteiger charge is -2.35. The Hall–Kier alpha value is -2.93. The number of aromatic nitrogens is 3. The Labute approximate surface area is 170 Å². The Kier molecular flexibility index (Phi) is 5.24. The predicted octanol–water partition coefficient (Wildman–Crippen LogP) is 2.55. The molecule has 0 bridgehead atoms. The van der Waals surface area contributed by atoms with E-state index in [0.717, 1.165) is 42.1 Å². The van der Waals surface area contributed by atoms with Crippen LogP contribution in [-0.4, -0.2) is 63.8 Å². The summed E-state index contributed by atoms with van der Waals surface area (Å²) in [6.45, 7) is 7.95. The molecule has 7 nitrogen and oxygen atoms in total. The molecule has 1 fully saturated rings. The second-order valence-corrected chi connectivity index (χ2v) is 7.69. The van der Waals surface area contributed by atoms with Crippen LogP contribution in [0.25, 0.3) is 11.0 Å². The van der Waals surface area contributed by atoms with Crippen molar-refractivity contribution in [2.75, 3.05) is 33.3 Å². The molecule has 1 aliphatic rings. The summed E-state index contributed by atoms with van der Waals surface area (Å²) in [5.74, 6) is 0.954. The lowest BCUT2D eigenvalue weighted by Crippen LogP contribution is -2.48. The van der Waals surface area contributed by atoms with E-state index in [2.05, 4.69) is 34.0 Å². The molecule has 1 aromatic carbocycles. The van der Waals surface area contributed by atoms with Crippen molar-refractivity contribution < 1.29 is 9.53 Å². The second kappa shape index (κ2) is 7.83. The number of ether oxygens (including phenoxy) is 1. The molecule has 0 spiro atoms. The van der Waals surface area contributed by atoms with Gasteiger partial charge in [-0.05, 0) is 26.0 Å². The highest BCUT2D eigenvalue weighted by atomic mass is 16.5. The van der Waals surface area contributed by atoms with Gasteiger partial charge in [-0.1, -0.05) is 17.7 Å². The number of carbonyl (C=O) groups is 1. The average Bonchev–Trinajstić information content (AvgIpc) is 3.01. The first-order valence-corrected chi connectivity index (χ1v) is 9.91. The summed E-state index contributed by atoms with van der Waals surface area (Å²) in [5.41, 5.74) is 4.73.